The van der Waals surface area contributed by atoms with Gasteiger partial charge in [0.2, 0.25) is 5.91 Å². The fourth-order valence-corrected chi connectivity index (χ4v) is 5.85. The number of carbonyl (C=O) groups is 1. The number of nitroso groups, excluding NO2 is 1. The second-order valence-corrected chi connectivity index (χ2v) is 10.6. The van der Waals surface area contributed by atoms with Crippen LogP contribution < -0.4 is 5.48 Å². The van der Waals surface area contributed by atoms with Crippen molar-refractivity contribution in [3.63, 3.8) is 0 Å². The van der Waals surface area contributed by atoms with Gasteiger partial charge in [0.25, 0.3) is 0 Å². The summed E-state index contributed by atoms with van der Waals surface area (Å²) in [5, 5.41) is 9.62. The molecule has 1 N–H and O–H groups in total. The van der Waals surface area contributed by atoms with Crippen molar-refractivity contribution < 1.29 is 22.8 Å². The van der Waals surface area contributed by atoms with Crippen LogP contribution in [0.4, 0.5) is 13.2 Å². The van der Waals surface area contributed by atoms with Gasteiger partial charge in [-0.15, -0.1) is 11.3 Å². The molecule has 0 spiro atoms. The van der Waals surface area contributed by atoms with E-state index in [1.807, 2.05) is 35.7 Å². The normalized spacial score (nSPS) is 19.1. The number of nitrogens with one attached hydrogen (secondary N) is 1. The minimum Gasteiger partial charge on any atom is -0.341 e. The first-order chi connectivity index (χ1) is 18.6. The zero-order valence-electron chi connectivity index (χ0n) is 21.3. The number of amides is 1. The number of piperidine rings is 1. The summed E-state index contributed by atoms with van der Waals surface area (Å²) < 4.78 is 39.9. The summed E-state index contributed by atoms with van der Waals surface area (Å²) in [6.45, 7) is 4.02. The molecule has 5 rings (SSSR count). The molecule has 1 saturated heterocycles. The Morgan fingerprint density at radius 1 is 1.28 bits per heavy atom. The predicted molar refractivity (Wildman–Crippen MR) is 138 cm³/mol. The molecule has 0 bridgehead atoms. The highest BCUT2D eigenvalue weighted by Crippen LogP contribution is 2.36. The molecule has 2 atom stereocenters. The van der Waals surface area contributed by atoms with E-state index in [-0.39, 0.29) is 24.5 Å². The number of rotatable bonds is 7. The number of nitrogens with zero attached hydrogens (tertiary/aromatic N) is 5. The maximum atomic E-state index is 12.9. The van der Waals surface area contributed by atoms with Crippen LogP contribution in [0.15, 0.2) is 47.0 Å². The van der Waals surface area contributed by atoms with E-state index in [0.717, 1.165) is 38.3 Å². The van der Waals surface area contributed by atoms with Gasteiger partial charge in [0, 0.05) is 30.1 Å². The maximum absolute atomic E-state index is 12.9. The lowest BCUT2D eigenvalue weighted by molar-refractivity contribution is -0.142. The van der Waals surface area contributed by atoms with Crippen molar-refractivity contribution in [3.8, 4) is 0 Å². The number of alkyl halides is 3. The molecule has 2 aromatic heterocycles. The Labute approximate surface area is 226 Å². The minimum absolute atomic E-state index is 0.176. The Morgan fingerprint density at radius 3 is 2.72 bits per heavy atom. The number of hydroxylamine groups is 1. The summed E-state index contributed by atoms with van der Waals surface area (Å²) in [5.41, 5.74) is 5.41. The standard InChI is InChI=1S/C26H27F3N6O3S/c1-15-11-23(26(27,28)29)31-35(15)13-24(36)34-9-7-17(8-10-34)25-30-21(14-39-25)20-12-22(38-33-20)19-6-4-3-5-18(19)16(2)32-37/h3-6,11-12,14,16-17,22,33H,7-10,13H2,1-2H3. The third kappa shape index (κ3) is 5.74. The Balaban J connectivity index is 1.19. The van der Waals surface area contributed by atoms with Gasteiger partial charge in [-0.3, -0.25) is 19.8 Å². The zero-order chi connectivity index (χ0) is 27.7. The van der Waals surface area contributed by atoms with Crippen molar-refractivity contribution in [2.75, 3.05) is 13.1 Å². The number of thiazole rings is 1. The second kappa shape index (κ2) is 10.9. The van der Waals surface area contributed by atoms with Crippen LogP contribution in [0.3, 0.4) is 0 Å². The lowest BCUT2D eigenvalue weighted by atomic mass is 9.97. The second-order valence-electron chi connectivity index (χ2n) is 9.68. The maximum Gasteiger partial charge on any atom is 0.435 e. The van der Waals surface area contributed by atoms with E-state index in [2.05, 4.69) is 15.8 Å². The molecule has 39 heavy (non-hydrogen) atoms. The van der Waals surface area contributed by atoms with Gasteiger partial charge in [0.15, 0.2) is 5.69 Å². The van der Waals surface area contributed by atoms with Crippen LogP contribution in [-0.2, 0) is 22.4 Å². The van der Waals surface area contributed by atoms with Gasteiger partial charge in [-0.05, 0) is 50.0 Å². The molecule has 0 saturated carbocycles. The molecule has 13 heteroatoms. The summed E-state index contributed by atoms with van der Waals surface area (Å²) in [4.78, 5) is 36.1. The summed E-state index contributed by atoms with van der Waals surface area (Å²) in [7, 11) is 0. The molecule has 1 amide bonds. The molecule has 1 fully saturated rings. The fourth-order valence-electron chi connectivity index (χ4n) is 4.86. The molecule has 1 aromatic carbocycles. The van der Waals surface area contributed by atoms with E-state index in [1.54, 1.807) is 23.2 Å². The van der Waals surface area contributed by atoms with Crippen molar-refractivity contribution in [1.29, 1.82) is 0 Å². The number of likely N-dealkylation sites (tertiary alicyclic amines) is 1. The third-order valence-corrected chi connectivity index (χ3v) is 8.08. The smallest absolute Gasteiger partial charge is 0.341 e. The number of halogens is 3. The predicted octanol–water partition coefficient (Wildman–Crippen LogP) is 5.52. The van der Waals surface area contributed by atoms with Crippen LogP contribution in [0, 0.1) is 11.8 Å². The summed E-state index contributed by atoms with van der Waals surface area (Å²) in [5.74, 6) is -0.0777. The number of benzene rings is 1. The van der Waals surface area contributed by atoms with Crippen molar-refractivity contribution in [2.24, 2.45) is 5.18 Å². The van der Waals surface area contributed by atoms with E-state index in [4.69, 9.17) is 9.82 Å². The molecular formula is C26H27F3N6O3S. The SMILES string of the molecule is Cc1cc(C(F)(F)F)nn1CC(=O)N1CCC(c2nc(C3=CC(c4ccccc4C(C)N=O)ON3)cs2)CC1. The van der Waals surface area contributed by atoms with E-state index in [1.165, 1.54) is 6.92 Å². The van der Waals surface area contributed by atoms with E-state index < -0.39 is 17.9 Å². The molecule has 0 aliphatic carbocycles. The van der Waals surface area contributed by atoms with Gasteiger partial charge in [-0.1, -0.05) is 29.4 Å². The van der Waals surface area contributed by atoms with E-state index >= 15 is 0 Å². The third-order valence-electron chi connectivity index (χ3n) is 7.08. The largest absolute Gasteiger partial charge is 0.435 e. The Morgan fingerprint density at radius 2 is 2.03 bits per heavy atom. The number of aromatic nitrogens is 3. The average molecular weight is 561 g/mol. The lowest BCUT2D eigenvalue weighted by Gasteiger charge is -2.31. The quantitative estimate of drug-likeness (QED) is 0.382. The first kappa shape index (κ1) is 27.0. The molecule has 4 heterocycles. The van der Waals surface area contributed by atoms with Crippen LogP contribution in [0.25, 0.3) is 5.70 Å². The van der Waals surface area contributed by atoms with E-state index in [0.29, 0.717) is 31.6 Å². The average Bonchev–Trinajstić information content (AvgIpc) is 3.68. The van der Waals surface area contributed by atoms with Crippen LogP contribution in [0.2, 0.25) is 0 Å². The Bertz CT molecular complexity index is 1390. The fraction of sp³-hybridized carbons (Fsp3) is 0.423. The first-order valence-electron chi connectivity index (χ1n) is 12.5. The Kier molecular flexibility index (Phi) is 7.54. The highest BCUT2D eigenvalue weighted by molar-refractivity contribution is 7.09. The van der Waals surface area contributed by atoms with Crippen LogP contribution in [0.1, 0.15) is 71.0 Å². The van der Waals surface area contributed by atoms with Crippen LogP contribution in [-0.4, -0.2) is 38.7 Å². The molecule has 2 aliphatic heterocycles. The number of hydrogen-bond donors (Lipinski definition) is 1. The minimum atomic E-state index is -4.54. The summed E-state index contributed by atoms with van der Waals surface area (Å²) in [6, 6.07) is 7.98. The highest BCUT2D eigenvalue weighted by Gasteiger charge is 2.35. The number of carbonyl (C=O) groups excluding carboxylic acids is 1. The van der Waals surface area contributed by atoms with Crippen LogP contribution in [0.5, 0.6) is 0 Å². The summed E-state index contributed by atoms with van der Waals surface area (Å²) >= 11 is 1.54. The van der Waals surface area contributed by atoms with Gasteiger partial charge < -0.3 is 4.90 Å². The molecule has 9 nitrogen and oxygen atoms in total. The number of hydrogen-bond acceptors (Lipinski definition) is 8. The monoisotopic (exact) mass is 560 g/mol. The molecule has 0 radical (unpaired) electrons. The van der Waals surface area contributed by atoms with Crippen molar-refractivity contribution in [3.05, 3.63) is 79.9 Å². The molecule has 206 valence electrons. The van der Waals surface area contributed by atoms with Gasteiger partial charge in [-0.2, -0.15) is 23.2 Å². The highest BCUT2D eigenvalue weighted by atomic mass is 32.1. The van der Waals surface area contributed by atoms with Gasteiger partial charge in [0.05, 0.1) is 16.4 Å². The molecule has 2 unspecified atom stereocenters. The van der Waals surface area contributed by atoms with Crippen molar-refractivity contribution in [1.82, 2.24) is 25.1 Å². The molecule has 2 aliphatic rings. The van der Waals surface area contributed by atoms with Crippen molar-refractivity contribution >= 4 is 22.9 Å². The number of aryl methyl sites for hydroxylation is 1. The van der Waals surface area contributed by atoms with E-state index in [9.17, 15) is 22.9 Å². The van der Waals surface area contributed by atoms with Gasteiger partial charge in [0.1, 0.15) is 18.7 Å². The van der Waals surface area contributed by atoms with Crippen LogP contribution >= 0.6 is 11.3 Å². The van der Waals surface area contributed by atoms with Crippen molar-refractivity contribution in [2.45, 2.75) is 57.5 Å². The van der Waals surface area contributed by atoms with Gasteiger partial charge in [-0.25, -0.2) is 4.98 Å². The first-order valence-corrected chi connectivity index (χ1v) is 13.4. The lowest BCUT2D eigenvalue weighted by Crippen LogP contribution is -2.40. The Hall–Kier alpha value is -3.58. The van der Waals surface area contributed by atoms with Gasteiger partial charge >= 0.3 is 6.18 Å². The zero-order valence-corrected chi connectivity index (χ0v) is 22.1. The molecule has 3 aromatic rings. The topological polar surface area (TPSA) is 102 Å². The molecular weight excluding hydrogens is 533 g/mol. The summed E-state index contributed by atoms with van der Waals surface area (Å²) in [6.07, 6.45) is -1.58.